The first-order chi connectivity index (χ1) is 19.3. The molecule has 1 aromatic carbocycles. The van der Waals surface area contributed by atoms with E-state index in [2.05, 4.69) is 83.8 Å². The smallest absolute Gasteiger partial charge is 0.386 e. The van der Waals surface area contributed by atoms with Gasteiger partial charge in [0.05, 0.1) is 5.60 Å². The van der Waals surface area contributed by atoms with E-state index < -0.39 is 11.8 Å². The summed E-state index contributed by atoms with van der Waals surface area (Å²) in [5, 5.41) is 8.83. The van der Waals surface area contributed by atoms with Crippen molar-refractivity contribution in [2.75, 3.05) is 14.1 Å². The molecule has 0 saturated heterocycles. The van der Waals surface area contributed by atoms with Crippen LogP contribution >= 0.6 is 0 Å². The first-order valence-corrected chi connectivity index (χ1v) is 15.8. The molecule has 2 atom stereocenters. The van der Waals surface area contributed by atoms with Crippen molar-refractivity contribution in [3.63, 3.8) is 0 Å². The lowest BCUT2D eigenvalue weighted by Gasteiger charge is -2.14. The van der Waals surface area contributed by atoms with E-state index >= 15 is 0 Å². The standard InChI is InChI=1S/C10H20.C9H12.C7H15N.C5H12O.C2H3F3.C2H6.CH2O/c1-4-9-6-8(3)7-10(9)5-2;1-3-9-6-4-5-8(2)7-9;1-5-7(2)6-8(3)4;1-4-5(2,3)6;1-2(3,4)5;2*1-2/h8-10H,4-7H2,1-3H3;4-7H,3H2,1-2H3;6H,5H2,1-4H3;6H,4H2,1-3H3;1H3;1-2H3;1H2/b;;7-6+;;;;. The molecule has 252 valence electrons. The van der Waals surface area contributed by atoms with Gasteiger partial charge in [-0.15, -0.1) is 0 Å². The summed E-state index contributed by atoms with van der Waals surface area (Å²) in [6, 6.07) is 8.61. The maximum Gasteiger partial charge on any atom is 0.386 e. The van der Waals surface area contributed by atoms with E-state index in [-0.39, 0.29) is 6.92 Å². The van der Waals surface area contributed by atoms with E-state index in [0.717, 1.165) is 37.0 Å². The second kappa shape index (κ2) is 30.6. The number of aryl methyl sites for hydroxylation is 2. The Morgan fingerprint density at radius 1 is 0.976 bits per heavy atom. The van der Waals surface area contributed by atoms with Gasteiger partial charge in [-0.25, -0.2) is 0 Å². The molecule has 2 rings (SSSR count). The number of alkyl halides is 3. The van der Waals surface area contributed by atoms with Crippen LogP contribution < -0.4 is 0 Å². The Balaban J connectivity index is -0.000000134. The highest BCUT2D eigenvalue weighted by Gasteiger charge is 2.28. The Labute approximate surface area is 260 Å². The Bertz CT molecular complexity index is 707. The highest BCUT2D eigenvalue weighted by atomic mass is 19.4. The van der Waals surface area contributed by atoms with Gasteiger partial charge in [-0.1, -0.05) is 104 Å². The molecule has 0 heterocycles. The second-order valence-corrected chi connectivity index (χ2v) is 11.5. The molecule has 1 aliphatic rings. The lowest BCUT2D eigenvalue weighted by atomic mass is 9.92. The summed E-state index contributed by atoms with van der Waals surface area (Å²) in [5.41, 5.74) is 3.75. The van der Waals surface area contributed by atoms with E-state index in [1.54, 1.807) is 13.8 Å². The Morgan fingerprint density at radius 2 is 1.36 bits per heavy atom. The number of rotatable bonds is 6. The molecule has 42 heavy (non-hydrogen) atoms. The molecule has 1 saturated carbocycles. The number of nitrogens with zero attached hydrogens (tertiary/aromatic N) is 1. The molecule has 1 aliphatic carbocycles. The lowest BCUT2D eigenvalue weighted by Crippen LogP contribution is -2.15. The Morgan fingerprint density at radius 3 is 1.55 bits per heavy atom. The van der Waals surface area contributed by atoms with Crippen molar-refractivity contribution in [1.82, 2.24) is 4.90 Å². The molecule has 0 radical (unpaired) electrons. The number of hydrogen-bond donors (Lipinski definition) is 1. The van der Waals surface area contributed by atoms with Gasteiger partial charge < -0.3 is 14.8 Å². The third kappa shape index (κ3) is 42.6. The van der Waals surface area contributed by atoms with Gasteiger partial charge >= 0.3 is 6.18 Å². The summed E-state index contributed by atoms with van der Waals surface area (Å²) in [7, 11) is 4.08. The third-order valence-corrected chi connectivity index (χ3v) is 6.52. The molecule has 2 unspecified atom stereocenters. The fourth-order valence-electron chi connectivity index (χ4n) is 3.98. The molecule has 0 aliphatic heterocycles. The number of carbonyl (C=O) groups excluding carboxylic acids is 1. The monoisotopic (exact) mass is 606 g/mol. The lowest BCUT2D eigenvalue weighted by molar-refractivity contribution is -0.110. The summed E-state index contributed by atoms with van der Waals surface area (Å²) >= 11 is 0. The molecule has 1 N–H and O–H groups in total. The van der Waals surface area contributed by atoms with Crippen LogP contribution in [0, 0.1) is 24.7 Å². The predicted molar refractivity (Wildman–Crippen MR) is 181 cm³/mol. The van der Waals surface area contributed by atoms with E-state index in [9.17, 15) is 13.2 Å². The molecule has 1 fully saturated rings. The molecule has 6 heteroatoms. The van der Waals surface area contributed by atoms with Gasteiger partial charge in [-0.05, 0) is 89.3 Å². The number of halogens is 3. The van der Waals surface area contributed by atoms with Crippen molar-refractivity contribution in [3.8, 4) is 0 Å². The van der Waals surface area contributed by atoms with E-state index in [1.165, 1.54) is 42.4 Å². The van der Waals surface area contributed by atoms with Crippen LogP contribution in [0.2, 0.25) is 0 Å². The van der Waals surface area contributed by atoms with E-state index in [0.29, 0.717) is 0 Å². The largest absolute Gasteiger partial charge is 0.390 e. The van der Waals surface area contributed by atoms with Crippen molar-refractivity contribution < 1.29 is 23.1 Å². The van der Waals surface area contributed by atoms with Gasteiger partial charge in [0.1, 0.15) is 6.79 Å². The average molecular weight is 606 g/mol. The zero-order chi connectivity index (χ0) is 34.5. The molecule has 0 spiro atoms. The van der Waals surface area contributed by atoms with E-state index in [4.69, 9.17) is 9.90 Å². The van der Waals surface area contributed by atoms with E-state index in [1.807, 2.05) is 41.7 Å². The SMILES string of the molecule is C=O.CC.CC(F)(F)F.CC/C(C)=C/N(C)C.CCC(C)(C)O.CCC1CC(C)CC1CC.CCc1cccc(C)c1. The third-order valence-electron chi connectivity index (χ3n) is 6.52. The number of benzene rings is 1. The maximum absolute atomic E-state index is 10.4. The second-order valence-electron chi connectivity index (χ2n) is 11.5. The van der Waals surface area contributed by atoms with Gasteiger partial charge in [0.25, 0.3) is 0 Å². The minimum atomic E-state index is -4.00. The van der Waals surface area contributed by atoms with Gasteiger partial charge in [0.2, 0.25) is 0 Å². The Hall–Kier alpha value is -1.82. The first-order valence-electron chi connectivity index (χ1n) is 15.8. The van der Waals surface area contributed by atoms with Gasteiger partial charge in [0, 0.05) is 21.0 Å². The predicted octanol–water partition coefficient (Wildman–Crippen LogP) is 11.5. The molecule has 3 nitrogen and oxygen atoms in total. The minimum Gasteiger partial charge on any atom is -0.390 e. The van der Waals surface area contributed by atoms with Crippen LogP contribution in [0.15, 0.2) is 36.0 Å². The summed E-state index contributed by atoms with van der Waals surface area (Å²) in [6.45, 7) is 27.4. The first kappa shape index (κ1) is 49.8. The summed E-state index contributed by atoms with van der Waals surface area (Å²) in [6.07, 6.45) is 7.06. The average Bonchev–Trinajstić information content (AvgIpc) is 3.30. The van der Waals surface area contributed by atoms with Gasteiger partial charge in [0.15, 0.2) is 0 Å². The normalized spacial score (nSPS) is 17.3. The molecule has 0 amide bonds. The molecular weight excluding hydrogens is 535 g/mol. The van der Waals surface area contributed by atoms with Gasteiger partial charge in [-0.2, -0.15) is 13.2 Å². The fourth-order valence-corrected chi connectivity index (χ4v) is 3.98. The Kier molecular flexibility index (Phi) is 36.3. The molecular formula is C36H70F3NO2. The van der Waals surface area contributed by atoms with Crippen LogP contribution in [0.5, 0.6) is 0 Å². The zero-order valence-corrected chi connectivity index (χ0v) is 30.2. The highest BCUT2D eigenvalue weighted by molar-refractivity contribution is 5.21. The van der Waals surface area contributed by atoms with Crippen LogP contribution in [0.25, 0.3) is 0 Å². The summed E-state index contributed by atoms with van der Waals surface area (Å²) < 4.78 is 31.1. The van der Waals surface area contributed by atoms with Gasteiger partial charge in [-0.3, -0.25) is 0 Å². The van der Waals surface area contributed by atoms with Crippen molar-refractivity contribution in [2.45, 2.75) is 147 Å². The van der Waals surface area contributed by atoms with Crippen molar-refractivity contribution in [1.29, 1.82) is 0 Å². The van der Waals surface area contributed by atoms with Crippen molar-refractivity contribution >= 4 is 6.79 Å². The van der Waals surface area contributed by atoms with Crippen LogP contribution in [0.1, 0.15) is 133 Å². The number of carbonyl (C=O) groups is 1. The maximum atomic E-state index is 10.4. The van der Waals surface area contributed by atoms with Crippen molar-refractivity contribution in [2.24, 2.45) is 17.8 Å². The molecule has 0 bridgehead atoms. The number of allylic oxidation sites excluding steroid dienone is 1. The fraction of sp³-hybridized carbons (Fsp3) is 0.750. The number of hydrogen-bond acceptors (Lipinski definition) is 3. The van der Waals surface area contributed by atoms with Crippen LogP contribution in [-0.2, 0) is 11.2 Å². The van der Waals surface area contributed by atoms with Crippen LogP contribution in [0.4, 0.5) is 13.2 Å². The van der Waals surface area contributed by atoms with Crippen molar-refractivity contribution in [3.05, 3.63) is 47.2 Å². The molecule has 1 aromatic rings. The van der Waals surface area contributed by atoms with Crippen LogP contribution in [-0.4, -0.2) is 42.7 Å². The molecule has 0 aromatic heterocycles. The minimum absolute atomic E-state index is 0.188. The topological polar surface area (TPSA) is 40.5 Å². The quantitative estimate of drug-likeness (QED) is 0.351. The highest BCUT2D eigenvalue weighted by Crippen LogP contribution is 2.39. The summed E-state index contributed by atoms with van der Waals surface area (Å²) in [5.74, 6) is 3.12. The zero-order valence-electron chi connectivity index (χ0n) is 30.2. The summed E-state index contributed by atoms with van der Waals surface area (Å²) in [4.78, 5) is 10.1. The van der Waals surface area contributed by atoms with Crippen LogP contribution in [0.3, 0.4) is 0 Å². The number of aliphatic hydroxyl groups is 1.